The Balaban J connectivity index is 1.69. The molecule has 124 valence electrons. The van der Waals surface area contributed by atoms with Crippen molar-refractivity contribution in [1.29, 1.82) is 0 Å². The van der Waals surface area contributed by atoms with Gasteiger partial charge in [-0.3, -0.25) is 4.79 Å². The number of fused-ring (bicyclic) bond motifs is 1. The van der Waals surface area contributed by atoms with Crippen LogP contribution in [0.4, 0.5) is 0 Å². The Labute approximate surface area is 149 Å². The van der Waals surface area contributed by atoms with E-state index >= 15 is 0 Å². The molecule has 0 aromatic heterocycles. The predicted molar refractivity (Wildman–Crippen MR) is 97.2 cm³/mol. The Morgan fingerprint density at radius 3 is 2.54 bits per heavy atom. The first-order valence-electron chi connectivity index (χ1n) is 7.76. The van der Waals surface area contributed by atoms with E-state index < -0.39 is 0 Å². The van der Waals surface area contributed by atoms with Gasteiger partial charge in [0, 0.05) is 10.5 Å². The summed E-state index contributed by atoms with van der Waals surface area (Å²) in [6.45, 7) is 3.02. The zero-order valence-electron chi connectivity index (χ0n) is 13.3. The lowest BCUT2D eigenvalue weighted by molar-refractivity contribution is -0.117. The summed E-state index contributed by atoms with van der Waals surface area (Å²) in [6.07, 6.45) is 3.33. The van der Waals surface area contributed by atoms with Crippen LogP contribution in [-0.2, 0) is 4.79 Å². The highest BCUT2D eigenvalue weighted by molar-refractivity contribution is 9.10. The van der Waals surface area contributed by atoms with Gasteiger partial charge in [-0.2, -0.15) is 0 Å². The maximum Gasteiger partial charge on any atom is 0.244 e. The number of nitrogens with one attached hydrogen (secondary N) is 1. The summed E-state index contributed by atoms with van der Waals surface area (Å²) in [4.78, 5) is 12.1. The third-order valence-corrected chi connectivity index (χ3v) is 4.40. The van der Waals surface area contributed by atoms with Crippen molar-refractivity contribution in [2.45, 2.75) is 13.0 Å². The minimum absolute atomic E-state index is 0.145. The third-order valence-electron chi connectivity index (χ3n) is 3.71. The maximum absolute atomic E-state index is 12.1. The summed E-state index contributed by atoms with van der Waals surface area (Å²) in [5, 5.41) is 2.96. The van der Waals surface area contributed by atoms with Crippen molar-refractivity contribution < 1.29 is 14.3 Å². The van der Waals surface area contributed by atoms with E-state index in [1.807, 2.05) is 49.4 Å². The van der Waals surface area contributed by atoms with Crippen LogP contribution >= 0.6 is 15.9 Å². The summed E-state index contributed by atoms with van der Waals surface area (Å²) >= 11 is 3.54. The molecule has 0 fully saturated rings. The first-order valence-corrected chi connectivity index (χ1v) is 8.55. The van der Waals surface area contributed by atoms with Crippen molar-refractivity contribution in [2.75, 3.05) is 13.2 Å². The number of halogens is 1. The van der Waals surface area contributed by atoms with E-state index in [4.69, 9.17) is 9.47 Å². The van der Waals surface area contributed by atoms with Crippen LogP contribution < -0.4 is 14.8 Å². The normalized spacial score (nSPS) is 14.4. The molecule has 1 unspecified atom stereocenters. The topological polar surface area (TPSA) is 47.6 Å². The molecule has 0 spiro atoms. The van der Waals surface area contributed by atoms with Crippen molar-refractivity contribution in [3.05, 3.63) is 64.1 Å². The lowest BCUT2D eigenvalue weighted by Gasteiger charge is -2.22. The number of amides is 1. The second-order valence-corrected chi connectivity index (χ2v) is 6.35. The zero-order chi connectivity index (χ0) is 16.9. The number of carbonyl (C=O) groups is 1. The molecule has 1 aliphatic rings. The molecule has 2 aromatic carbocycles. The molecule has 1 N–H and O–H groups in total. The van der Waals surface area contributed by atoms with Crippen LogP contribution in [0.25, 0.3) is 6.08 Å². The molecule has 2 aromatic rings. The molecule has 4 nitrogen and oxygen atoms in total. The van der Waals surface area contributed by atoms with E-state index in [1.165, 1.54) is 6.08 Å². The number of hydrogen-bond donors (Lipinski definition) is 1. The summed E-state index contributed by atoms with van der Waals surface area (Å²) in [5.74, 6) is 1.29. The Bertz CT molecular complexity index is 759. The van der Waals surface area contributed by atoms with Gasteiger partial charge in [-0.25, -0.2) is 0 Å². The standard InChI is InChI=1S/C19H18BrNO3/c1-13(21-19(22)8-7-14-5-3-2-4-6-14)15-11-17-18(12-16(15)20)24-10-9-23-17/h2-8,11-13H,9-10H2,1H3,(H,21,22). The lowest BCUT2D eigenvalue weighted by atomic mass is 10.1. The van der Waals surface area contributed by atoms with Crippen molar-refractivity contribution in [1.82, 2.24) is 5.32 Å². The number of benzene rings is 2. The SMILES string of the molecule is CC(NC(=O)C=Cc1ccccc1)c1cc2c(cc1Br)OCCO2. The number of ether oxygens (including phenoxy) is 2. The van der Waals surface area contributed by atoms with Crippen molar-refractivity contribution in [2.24, 2.45) is 0 Å². The molecule has 1 heterocycles. The highest BCUT2D eigenvalue weighted by Gasteiger charge is 2.18. The van der Waals surface area contributed by atoms with Gasteiger partial charge >= 0.3 is 0 Å². The van der Waals surface area contributed by atoms with Gasteiger partial charge in [-0.05, 0) is 36.3 Å². The van der Waals surface area contributed by atoms with Gasteiger partial charge in [-0.1, -0.05) is 46.3 Å². The summed E-state index contributed by atoms with van der Waals surface area (Å²) in [5.41, 5.74) is 1.93. The Hall–Kier alpha value is -2.27. The maximum atomic E-state index is 12.1. The molecule has 0 saturated heterocycles. The van der Waals surface area contributed by atoms with Crippen LogP contribution in [0.5, 0.6) is 11.5 Å². The molecule has 5 heteroatoms. The highest BCUT2D eigenvalue weighted by atomic mass is 79.9. The average molecular weight is 388 g/mol. The average Bonchev–Trinajstić information content (AvgIpc) is 2.60. The quantitative estimate of drug-likeness (QED) is 0.802. The van der Waals surface area contributed by atoms with Crippen LogP contribution in [0.15, 0.2) is 53.0 Å². The largest absolute Gasteiger partial charge is 0.486 e. The van der Waals surface area contributed by atoms with Gasteiger partial charge in [0.15, 0.2) is 11.5 Å². The Morgan fingerprint density at radius 1 is 1.17 bits per heavy atom. The van der Waals surface area contributed by atoms with Gasteiger partial charge in [0.05, 0.1) is 6.04 Å². The second-order valence-electron chi connectivity index (χ2n) is 5.49. The summed E-state index contributed by atoms with van der Waals surface area (Å²) < 4.78 is 12.0. The third kappa shape index (κ3) is 3.97. The van der Waals surface area contributed by atoms with Crippen LogP contribution in [0.3, 0.4) is 0 Å². The van der Waals surface area contributed by atoms with E-state index in [2.05, 4.69) is 21.2 Å². The number of rotatable bonds is 4. The molecule has 1 atom stereocenters. The van der Waals surface area contributed by atoms with Crippen LogP contribution in [0, 0.1) is 0 Å². The molecule has 0 radical (unpaired) electrons. The zero-order valence-corrected chi connectivity index (χ0v) is 14.9. The van der Waals surface area contributed by atoms with Crippen molar-refractivity contribution in [3.8, 4) is 11.5 Å². The Morgan fingerprint density at radius 2 is 1.83 bits per heavy atom. The minimum Gasteiger partial charge on any atom is -0.486 e. The lowest BCUT2D eigenvalue weighted by Crippen LogP contribution is -2.25. The van der Waals surface area contributed by atoms with E-state index in [0.29, 0.717) is 19.0 Å². The summed E-state index contributed by atoms with van der Waals surface area (Å²) in [7, 11) is 0. The van der Waals surface area contributed by atoms with E-state index in [1.54, 1.807) is 6.08 Å². The van der Waals surface area contributed by atoms with Gasteiger partial charge in [0.1, 0.15) is 13.2 Å². The fourth-order valence-corrected chi connectivity index (χ4v) is 3.15. The molecule has 3 rings (SSSR count). The molecule has 0 saturated carbocycles. The van der Waals surface area contributed by atoms with Crippen LogP contribution in [0.1, 0.15) is 24.1 Å². The monoisotopic (exact) mass is 387 g/mol. The van der Waals surface area contributed by atoms with E-state index in [-0.39, 0.29) is 11.9 Å². The minimum atomic E-state index is -0.164. The first kappa shape index (κ1) is 16.6. The predicted octanol–water partition coefficient (Wildman–Crippen LogP) is 4.11. The second kappa shape index (κ2) is 7.53. The van der Waals surface area contributed by atoms with Crippen LogP contribution in [0.2, 0.25) is 0 Å². The molecule has 24 heavy (non-hydrogen) atoms. The van der Waals surface area contributed by atoms with Gasteiger partial charge < -0.3 is 14.8 Å². The van der Waals surface area contributed by atoms with Gasteiger partial charge in [0.25, 0.3) is 0 Å². The molecule has 0 aliphatic carbocycles. The van der Waals surface area contributed by atoms with Crippen molar-refractivity contribution >= 4 is 27.9 Å². The van der Waals surface area contributed by atoms with E-state index in [9.17, 15) is 4.79 Å². The number of hydrogen-bond acceptors (Lipinski definition) is 3. The summed E-state index contributed by atoms with van der Waals surface area (Å²) in [6, 6.07) is 13.3. The fourth-order valence-electron chi connectivity index (χ4n) is 2.49. The van der Waals surface area contributed by atoms with Crippen LogP contribution in [-0.4, -0.2) is 19.1 Å². The van der Waals surface area contributed by atoms with Crippen molar-refractivity contribution in [3.63, 3.8) is 0 Å². The smallest absolute Gasteiger partial charge is 0.244 e. The number of carbonyl (C=O) groups excluding carboxylic acids is 1. The first-order chi connectivity index (χ1) is 11.6. The molecule has 0 bridgehead atoms. The highest BCUT2D eigenvalue weighted by Crippen LogP contribution is 2.37. The van der Waals surface area contributed by atoms with E-state index in [0.717, 1.165) is 21.3 Å². The molecular weight excluding hydrogens is 370 g/mol. The van der Waals surface area contributed by atoms with Gasteiger partial charge in [-0.15, -0.1) is 0 Å². The molecular formula is C19H18BrNO3. The molecule has 1 amide bonds. The Kier molecular flexibility index (Phi) is 5.20. The van der Waals surface area contributed by atoms with Gasteiger partial charge in [0.2, 0.25) is 5.91 Å². The fraction of sp³-hybridized carbons (Fsp3) is 0.211. The molecule has 1 aliphatic heterocycles.